The van der Waals surface area contributed by atoms with Crippen molar-refractivity contribution < 1.29 is 4.79 Å². The van der Waals surface area contributed by atoms with Gasteiger partial charge >= 0.3 is 0 Å². The number of fused-ring (bicyclic) bond motifs is 1. The van der Waals surface area contributed by atoms with Gasteiger partial charge in [0.1, 0.15) is 0 Å². The first-order chi connectivity index (χ1) is 13.2. The minimum absolute atomic E-state index is 0.0401. The van der Waals surface area contributed by atoms with Gasteiger partial charge in [0, 0.05) is 31.1 Å². The molecule has 3 aromatic rings. The van der Waals surface area contributed by atoms with Crippen molar-refractivity contribution in [1.29, 1.82) is 0 Å². The lowest BCUT2D eigenvalue weighted by Crippen LogP contribution is -2.35. The molecule has 27 heavy (non-hydrogen) atoms. The molecule has 5 nitrogen and oxygen atoms in total. The molecule has 2 N–H and O–H groups in total. The molecule has 1 aliphatic heterocycles. The molecule has 2 heterocycles. The van der Waals surface area contributed by atoms with Crippen LogP contribution in [0.15, 0.2) is 60.7 Å². The van der Waals surface area contributed by atoms with Gasteiger partial charge in [-0.3, -0.25) is 9.69 Å². The molecule has 1 aliphatic rings. The maximum Gasteiger partial charge on any atom is 0.286 e. The number of hydrogen-bond acceptors (Lipinski definition) is 4. The topological polar surface area (TPSA) is 72.1 Å². The molecule has 1 amide bonds. The first-order valence-electron chi connectivity index (χ1n) is 9.10. The van der Waals surface area contributed by atoms with Gasteiger partial charge in [0.25, 0.3) is 5.91 Å². The van der Waals surface area contributed by atoms with E-state index < -0.39 is 5.91 Å². The third kappa shape index (κ3) is 3.88. The standard InChI is InChI=1S/C22H21N4O/c23-21(27)22-24-13-18-11-12-26(15-20(18)25-22)14-19(16-7-3-1-4-8-16)17-9-5-2-6-10-17/h1-10,19H,11-12,14-15H2,(H2,23,27). The zero-order valence-electron chi connectivity index (χ0n) is 15.0. The molecule has 4 rings (SSSR count). The fourth-order valence-electron chi connectivity index (χ4n) is 3.60. The Morgan fingerprint density at radius 1 is 1.07 bits per heavy atom. The molecule has 1 radical (unpaired) electrons. The fourth-order valence-corrected chi connectivity index (χ4v) is 3.60. The zero-order chi connectivity index (χ0) is 18.6. The average Bonchev–Trinajstić information content (AvgIpc) is 2.72. The highest BCUT2D eigenvalue weighted by Crippen LogP contribution is 2.27. The molecule has 1 aromatic heterocycles. The Bertz CT molecular complexity index is 888. The molecular formula is C22H21N4O. The van der Waals surface area contributed by atoms with Crippen molar-refractivity contribution >= 4 is 5.91 Å². The Morgan fingerprint density at radius 2 is 1.70 bits per heavy atom. The lowest BCUT2D eigenvalue weighted by Gasteiger charge is -2.31. The van der Waals surface area contributed by atoms with Gasteiger partial charge < -0.3 is 5.73 Å². The van der Waals surface area contributed by atoms with E-state index in [4.69, 9.17) is 5.73 Å². The van der Waals surface area contributed by atoms with Crippen LogP contribution in [0.3, 0.4) is 0 Å². The van der Waals surface area contributed by atoms with Gasteiger partial charge in [-0.15, -0.1) is 0 Å². The maximum absolute atomic E-state index is 11.4. The SMILES string of the molecule is NC(=O)c1n[c]c2c(n1)CN(CC(c1ccccc1)c1ccccc1)CC2. The maximum atomic E-state index is 11.4. The molecule has 0 bridgehead atoms. The number of nitrogens with zero attached hydrogens (tertiary/aromatic N) is 3. The first-order valence-corrected chi connectivity index (χ1v) is 9.10. The number of nitrogens with two attached hydrogens (primary N) is 1. The molecule has 5 heteroatoms. The molecule has 0 fully saturated rings. The molecule has 0 aliphatic carbocycles. The van der Waals surface area contributed by atoms with Gasteiger partial charge in [0.05, 0.1) is 11.9 Å². The molecular weight excluding hydrogens is 336 g/mol. The molecule has 0 spiro atoms. The van der Waals surface area contributed by atoms with Crippen molar-refractivity contribution in [3.63, 3.8) is 0 Å². The predicted molar refractivity (Wildman–Crippen MR) is 103 cm³/mol. The Morgan fingerprint density at radius 3 is 2.30 bits per heavy atom. The highest BCUT2D eigenvalue weighted by molar-refractivity contribution is 5.88. The Kier molecular flexibility index (Phi) is 4.94. The number of amides is 1. The molecule has 2 aromatic carbocycles. The number of primary amides is 1. The summed E-state index contributed by atoms with van der Waals surface area (Å²) in [6.07, 6.45) is 3.76. The van der Waals surface area contributed by atoms with Crippen LogP contribution in [0.25, 0.3) is 0 Å². The monoisotopic (exact) mass is 357 g/mol. The van der Waals surface area contributed by atoms with Crippen LogP contribution in [-0.2, 0) is 13.0 Å². The van der Waals surface area contributed by atoms with Crippen LogP contribution in [0.2, 0.25) is 0 Å². The van der Waals surface area contributed by atoms with Crippen LogP contribution >= 0.6 is 0 Å². The Hall–Kier alpha value is -3.05. The largest absolute Gasteiger partial charge is 0.363 e. The van der Waals surface area contributed by atoms with Crippen molar-refractivity contribution in [2.75, 3.05) is 13.1 Å². The minimum atomic E-state index is -0.613. The van der Waals surface area contributed by atoms with E-state index in [2.05, 4.69) is 69.6 Å². The van der Waals surface area contributed by atoms with Crippen LogP contribution in [0.4, 0.5) is 0 Å². The van der Waals surface area contributed by atoms with Gasteiger partial charge in [-0.25, -0.2) is 9.97 Å². The summed E-state index contributed by atoms with van der Waals surface area (Å²) in [6.45, 7) is 2.47. The third-order valence-electron chi connectivity index (χ3n) is 5.00. The number of carbonyl (C=O) groups is 1. The van der Waals surface area contributed by atoms with E-state index in [1.54, 1.807) is 0 Å². The van der Waals surface area contributed by atoms with E-state index in [-0.39, 0.29) is 11.7 Å². The van der Waals surface area contributed by atoms with Crippen LogP contribution in [-0.4, -0.2) is 33.9 Å². The predicted octanol–water partition coefficient (Wildman–Crippen LogP) is 2.57. The van der Waals surface area contributed by atoms with Crippen molar-refractivity contribution in [3.05, 3.63) is 95.1 Å². The van der Waals surface area contributed by atoms with Crippen LogP contribution in [0, 0.1) is 6.20 Å². The van der Waals surface area contributed by atoms with E-state index in [1.807, 2.05) is 12.1 Å². The average molecular weight is 357 g/mol. The van der Waals surface area contributed by atoms with Gasteiger partial charge in [0.15, 0.2) is 0 Å². The van der Waals surface area contributed by atoms with Gasteiger partial charge in [-0.05, 0) is 17.5 Å². The number of benzene rings is 2. The number of hydrogen-bond donors (Lipinski definition) is 1. The summed E-state index contributed by atoms with van der Waals surface area (Å²) in [6, 6.07) is 21.1. The number of carbonyl (C=O) groups excluding carboxylic acids is 1. The van der Waals surface area contributed by atoms with E-state index in [0.29, 0.717) is 6.54 Å². The number of aromatic nitrogens is 2. The second kappa shape index (κ2) is 7.68. The third-order valence-corrected chi connectivity index (χ3v) is 5.00. The van der Waals surface area contributed by atoms with E-state index in [1.165, 1.54) is 11.1 Å². The second-order valence-electron chi connectivity index (χ2n) is 6.81. The molecule has 0 saturated heterocycles. The fraction of sp³-hybridized carbons (Fsp3) is 0.227. The highest BCUT2D eigenvalue weighted by Gasteiger charge is 2.24. The summed E-state index contributed by atoms with van der Waals surface area (Å²) in [5.74, 6) is -0.300. The van der Waals surface area contributed by atoms with Gasteiger partial charge in [0.2, 0.25) is 5.82 Å². The first kappa shape index (κ1) is 17.4. The highest BCUT2D eigenvalue weighted by atomic mass is 16.1. The zero-order valence-corrected chi connectivity index (χ0v) is 15.0. The Balaban J connectivity index is 1.59. The van der Waals surface area contributed by atoms with Crippen molar-refractivity contribution in [2.45, 2.75) is 18.9 Å². The summed E-state index contributed by atoms with van der Waals surface area (Å²) < 4.78 is 0. The molecule has 0 atom stereocenters. The minimum Gasteiger partial charge on any atom is -0.363 e. The normalized spacial score (nSPS) is 14.1. The van der Waals surface area contributed by atoms with Crippen LogP contribution in [0.1, 0.15) is 38.9 Å². The quantitative estimate of drug-likeness (QED) is 0.762. The van der Waals surface area contributed by atoms with Crippen LogP contribution < -0.4 is 5.73 Å². The van der Waals surface area contributed by atoms with E-state index >= 15 is 0 Å². The summed E-state index contributed by atoms with van der Waals surface area (Å²) >= 11 is 0. The van der Waals surface area contributed by atoms with Crippen LogP contribution in [0.5, 0.6) is 0 Å². The lowest BCUT2D eigenvalue weighted by molar-refractivity contribution is 0.0989. The van der Waals surface area contributed by atoms with Crippen molar-refractivity contribution in [1.82, 2.24) is 14.9 Å². The Labute approximate surface area is 158 Å². The molecule has 0 unspecified atom stereocenters. The van der Waals surface area contributed by atoms with Gasteiger partial charge in [-0.1, -0.05) is 60.7 Å². The summed E-state index contributed by atoms with van der Waals surface area (Å²) in [4.78, 5) is 22.1. The lowest BCUT2D eigenvalue weighted by atomic mass is 9.90. The van der Waals surface area contributed by atoms with E-state index in [0.717, 1.165) is 30.8 Å². The second-order valence-corrected chi connectivity index (χ2v) is 6.81. The van der Waals surface area contributed by atoms with E-state index in [9.17, 15) is 4.79 Å². The summed E-state index contributed by atoms with van der Waals surface area (Å²) in [7, 11) is 0. The van der Waals surface area contributed by atoms with Crippen molar-refractivity contribution in [2.24, 2.45) is 5.73 Å². The van der Waals surface area contributed by atoms with Crippen molar-refractivity contribution in [3.8, 4) is 0 Å². The molecule has 0 saturated carbocycles. The summed E-state index contributed by atoms with van der Waals surface area (Å²) in [5, 5.41) is 0. The number of rotatable bonds is 5. The molecule has 135 valence electrons. The smallest absolute Gasteiger partial charge is 0.286 e. The van der Waals surface area contributed by atoms with Gasteiger partial charge in [-0.2, -0.15) is 0 Å². The summed E-state index contributed by atoms with van der Waals surface area (Å²) in [5.41, 5.74) is 9.73.